The lowest BCUT2D eigenvalue weighted by Gasteiger charge is -2.04. The predicted octanol–water partition coefficient (Wildman–Crippen LogP) is 3.60. The normalized spacial score (nSPS) is 10.9. The van der Waals surface area contributed by atoms with E-state index in [0.29, 0.717) is 16.8 Å². The maximum absolute atomic E-state index is 12.6. The number of nitrogens with one attached hydrogen (secondary N) is 1. The molecule has 0 amide bonds. The molecule has 3 heteroatoms. The van der Waals surface area contributed by atoms with E-state index in [1.54, 1.807) is 18.3 Å². The number of aromatic nitrogens is 1. The summed E-state index contributed by atoms with van der Waals surface area (Å²) in [7, 11) is 0. The van der Waals surface area contributed by atoms with Gasteiger partial charge in [0.1, 0.15) is 0 Å². The minimum atomic E-state index is 0.0185. The summed E-state index contributed by atoms with van der Waals surface area (Å²) in [5, 5.41) is 0.962. The second kappa shape index (κ2) is 4.53. The number of rotatable bonds is 2. The molecular weight excluding hydrogens is 248 g/mol. The summed E-state index contributed by atoms with van der Waals surface area (Å²) in [6, 6.07) is 11.5. The molecule has 2 aromatic carbocycles. The molecule has 20 heavy (non-hydrogen) atoms. The molecular formula is C17H16N2O. The van der Waals surface area contributed by atoms with E-state index in [9.17, 15) is 4.79 Å². The van der Waals surface area contributed by atoms with Crippen molar-refractivity contribution in [3.8, 4) is 0 Å². The zero-order chi connectivity index (χ0) is 14.3. The van der Waals surface area contributed by atoms with Crippen molar-refractivity contribution >= 4 is 22.4 Å². The fraction of sp³-hybridized carbons (Fsp3) is 0.118. The Morgan fingerprint density at radius 3 is 2.65 bits per heavy atom. The highest BCUT2D eigenvalue weighted by Crippen LogP contribution is 2.23. The molecule has 3 N–H and O–H groups in total. The quantitative estimate of drug-likeness (QED) is 0.549. The van der Waals surface area contributed by atoms with E-state index >= 15 is 0 Å². The summed E-state index contributed by atoms with van der Waals surface area (Å²) in [6.45, 7) is 3.93. The largest absolute Gasteiger partial charge is 0.399 e. The first-order chi connectivity index (χ1) is 9.56. The zero-order valence-corrected chi connectivity index (χ0v) is 11.5. The molecule has 0 radical (unpaired) electrons. The van der Waals surface area contributed by atoms with E-state index in [2.05, 4.69) is 4.98 Å². The van der Waals surface area contributed by atoms with Crippen molar-refractivity contribution in [3.05, 3.63) is 64.8 Å². The molecule has 0 saturated carbocycles. The number of hydrogen-bond acceptors (Lipinski definition) is 2. The summed E-state index contributed by atoms with van der Waals surface area (Å²) in [6.07, 6.45) is 1.78. The van der Waals surface area contributed by atoms with Gasteiger partial charge >= 0.3 is 0 Å². The SMILES string of the molecule is Cc1ccc2[nH]cc(C(=O)c3ccc(N)c(C)c3)c2c1. The minimum Gasteiger partial charge on any atom is -0.399 e. The van der Waals surface area contributed by atoms with Crippen molar-refractivity contribution in [2.24, 2.45) is 0 Å². The number of carbonyl (C=O) groups excluding carboxylic acids is 1. The van der Waals surface area contributed by atoms with Crippen LogP contribution in [0.25, 0.3) is 10.9 Å². The zero-order valence-electron chi connectivity index (χ0n) is 11.5. The Balaban J connectivity index is 2.12. The van der Waals surface area contributed by atoms with Gasteiger partial charge in [-0.3, -0.25) is 4.79 Å². The molecule has 1 aromatic heterocycles. The summed E-state index contributed by atoms with van der Waals surface area (Å²) in [5.41, 5.74) is 10.9. The van der Waals surface area contributed by atoms with E-state index in [-0.39, 0.29) is 5.78 Å². The summed E-state index contributed by atoms with van der Waals surface area (Å²) >= 11 is 0. The standard InChI is InChI=1S/C17H16N2O/c1-10-3-6-16-13(7-10)14(9-19-16)17(20)12-4-5-15(18)11(2)8-12/h3-9,19H,18H2,1-2H3. The first-order valence-corrected chi connectivity index (χ1v) is 6.55. The topological polar surface area (TPSA) is 58.9 Å². The molecule has 0 bridgehead atoms. The molecule has 3 nitrogen and oxygen atoms in total. The van der Waals surface area contributed by atoms with Gasteiger partial charge in [-0.1, -0.05) is 11.6 Å². The van der Waals surface area contributed by atoms with Crippen molar-refractivity contribution < 1.29 is 4.79 Å². The number of hydrogen-bond donors (Lipinski definition) is 2. The van der Waals surface area contributed by atoms with E-state index in [1.165, 1.54) is 0 Å². The number of aromatic amines is 1. The van der Waals surface area contributed by atoms with Crippen molar-refractivity contribution in [1.82, 2.24) is 4.98 Å². The molecule has 0 aliphatic heterocycles. The number of carbonyl (C=O) groups is 1. The number of aryl methyl sites for hydroxylation is 2. The molecule has 0 spiro atoms. The van der Waals surface area contributed by atoms with Gasteiger partial charge in [0.15, 0.2) is 5.78 Å². The van der Waals surface area contributed by atoms with Gasteiger partial charge < -0.3 is 10.7 Å². The maximum atomic E-state index is 12.6. The third kappa shape index (κ3) is 1.97. The fourth-order valence-corrected chi connectivity index (χ4v) is 2.39. The second-order valence-corrected chi connectivity index (χ2v) is 5.15. The Kier molecular flexibility index (Phi) is 2.83. The van der Waals surface area contributed by atoms with Gasteiger partial charge in [0, 0.05) is 33.9 Å². The highest BCUT2D eigenvalue weighted by Gasteiger charge is 2.14. The Morgan fingerprint density at radius 1 is 1.10 bits per heavy atom. The lowest BCUT2D eigenvalue weighted by Crippen LogP contribution is -2.02. The van der Waals surface area contributed by atoms with Crippen LogP contribution in [0.3, 0.4) is 0 Å². The molecule has 1 heterocycles. The number of fused-ring (bicyclic) bond motifs is 1. The van der Waals surface area contributed by atoms with Crippen LogP contribution in [-0.2, 0) is 0 Å². The van der Waals surface area contributed by atoms with Crippen LogP contribution < -0.4 is 5.73 Å². The van der Waals surface area contributed by atoms with Gasteiger partial charge in [-0.2, -0.15) is 0 Å². The molecule has 0 atom stereocenters. The van der Waals surface area contributed by atoms with Crippen LogP contribution in [0.2, 0.25) is 0 Å². The van der Waals surface area contributed by atoms with Gasteiger partial charge in [0.2, 0.25) is 0 Å². The van der Waals surface area contributed by atoms with Crippen molar-refractivity contribution in [2.45, 2.75) is 13.8 Å². The van der Waals surface area contributed by atoms with Gasteiger partial charge in [-0.15, -0.1) is 0 Å². The number of ketones is 1. The van der Waals surface area contributed by atoms with Gasteiger partial charge in [0.25, 0.3) is 0 Å². The monoisotopic (exact) mass is 264 g/mol. The van der Waals surface area contributed by atoms with Crippen LogP contribution in [0.1, 0.15) is 27.0 Å². The first-order valence-electron chi connectivity index (χ1n) is 6.55. The lowest BCUT2D eigenvalue weighted by molar-refractivity contribution is 0.104. The van der Waals surface area contributed by atoms with E-state index < -0.39 is 0 Å². The Hall–Kier alpha value is -2.55. The predicted molar refractivity (Wildman–Crippen MR) is 82.1 cm³/mol. The molecule has 0 unspecified atom stereocenters. The van der Waals surface area contributed by atoms with Gasteiger partial charge in [0.05, 0.1) is 0 Å². The number of anilines is 1. The van der Waals surface area contributed by atoms with Crippen molar-refractivity contribution in [2.75, 3.05) is 5.73 Å². The van der Waals surface area contributed by atoms with E-state index in [4.69, 9.17) is 5.73 Å². The second-order valence-electron chi connectivity index (χ2n) is 5.15. The molecule has 0 saturated heterocycles. The highest BCUT2D eigenvalue weighted by atomic mass is 16.1. The van der Waals surface area contributed by atoms with Crippen LogP contribution in [0.5, 0.6) is 0 Å². The van der Waals surface area contributed by atoms with Crippen LogP contribution in [0.15, 0.2) is 42.6 Å². The average molecular weight is 264 g/mol. The number of nitrogens with two attached hydrogens (primary N) is 1. The third-order valence-electron chi connectivity index (χ3n) is 3.61. The summed E-state index contributed by atoms with van der Waals surface area (Å²) < 4.78 is 0. The molecule has 0 aliphatic rings. The van der Waals surface area contributed by atoms with Crippen LogP contribution >= 0.6 is 0 Å². The maximum Gasteiger partial charge on any atom is 0.195 e. The van der Waals surface area contributed by atoms with Crippen LogP contribution in [-0.4, -0.2) is 10.8 Å². The molecule has 3 aromatic rings. The number of nitrogen functional groups attached to an aromatic ring is 1. The highest BCUT2D eigenvalue weighted by molar-refractivity contribution is 6.16. The van der Waals surface area contributed by atoms with Crippen molar-refractivity contribution in [1.29, 1.82) is 0 Å². The Bertz CT molecular complexity index is 815. The third-order valence-corrected chi connectivity index (χ3v) is 3.61. The molecule has 100 valence electrons. The van der Waals surface area contributed by atoms with E-state index in [0.717, 1.165) is 22.0 Å². The van der Waals surface area contributed by atoms with Crippen LogP contribution in [0, 0.1) is 13.8 Å². The van der Waals surface area contributed by atoms with E-state index in [1.807, 2.05) is 38.1 Å². The van der Waals surface area contributed by atoms with Crippen molar-refractivity contribution in [3.63, 3.8) is 0 Å². The summed E-state index contributed by atoms with van der Waals surface area (Å²) in [4.78, 5) is 15.8. The lowest BCUT2D eigenvalue weighted by atomic mass is 10.00. The molecule has 0 fully saturated rings. The molecule has 3 rings (SSSR count). The fourth-order valence-electron chi connectivity index (χ4n) is 2.39. The molecule has 0 aliphatic carbocycles. The first kappa shape index (κ1) is 12.5. The Labute approximate surface area is 117 Å². The number of H-pyrrole nitrogens is 1. The average Bonchev–Trinajstić information content (AvgIpc) is 2.84. The Morgan fingerprint density at radius 2 is 1.90 bits per heavy atom. The number of benzene rings is 2. The van der Waals surface area contributed by atoms with Crippen LogP contribution in [0.4, 0.5) is 5.69 Å². The minimum absolute atomic E-state index is 0.0185. The summed E-state index contributed by atoms with van der Waals surface area (Å²) in [5.74, 6) is 0.0185. The smallest absolute Gasteiger partial charge is 0.195 e. The van der Waals surface area contributed by atoms with Gasteiger partial charge in [-0.25, -0.2) is 0 Å². The van der Waals surface area contributed by atoms with Gasteiger partial charge in [-0.05, 0) is 49.7 Å².